The molecule has 4 rings (SSSR count). The van der Waals surface area contributed by atoms with Gasteiger partial charge in [0.1, 0.15) is 17.1 Å². The maximum atomic E-state index is 12.5. The number of para-hydroxylation sites is 1. The summed E-state index contributed by atoms with van der Waals surface area (Å²) in [5.74, 6) is -0.205. The normalized spacial score (nSPS) is 13.7. The van der Waals surface area contributed by atoms with Crippen LogP contribution >= 0.6 is 0 Å². The molecule has 2 aromatic carbocycles. The van der Waals surface area contributed by atoms with E-state index in [2.05, 4.69) is 15.7 Å². The molecule has 3 aromatic rings. The molecule has 0 atom stereocenters. The third-order valence-corrected chi connectivity index (χ3v) is 3.83. The van der Waals surface area contributed by atoms with Gasteiger partial charge in [-0.3, -0.25) is 9.59 Å². The first-order valence-corrected chi connectivity index (χ1v) is 7.56. The quantitative estimate of drug-likeness (QED) is 0.761. The maximum Gasteiger partial charge on any atom is 0.257 e. The van der Waals surface area contributed by atoms with E-state index in [1.807, 2.05) is 60.7 Å². The van der Waals surface area contributed by atoms with Gasteiger partial charge in [0.25, 0.3) is 5.91 Å². The number of fused-ring (bicyclic) bond motifs is 1. The summed E-state index contributed by atoms with van der Waals surface area (Å²) in [6, 6.07) is 18.8. The van der Waals surface area contributed by atoms with Crippen LogP contribution < -0.4 is 10.6 Å². The fourth-order valence-electron chi connectivity index (χ4n) is 2.73. The van der Waals surface area contributed by atoms with Crippen LogP contribution in [0.5, 0.6) is 0 Å². The van der Waals surface area contributed by atoms with Crippen molar-refractivity contribution in [3.8, 4) is 16.9 Å². The molecule has 1 aliphatic heterocycles. The van der Waals surface area contributed by atoms with Crippen molar-refractivity contribution < 1.29 is 9.59 Å². The molecule has 0 saturated carbocycles. The molecule has 2 heterocycles. The van der Waals surface area contributed by atoms with E-state index in [1.54, 1.807) is 4.68 Å². The van der Waals surface area contributed by atoms with Crippen molar-refractivity contribution in [3.63, 3.8) is 0 Å². The number of nitrogens with one attached hydrogen (secondary N) is 2. The van der Waals surface area contributed by atoms with Gasteiger partial charge in [-0.2, -0.15) is 5.10 Å². The standard InChI is InChI=1S/C18H14N4O2/c23-14-11-19-18(24)15-16(12-7-3-1-4-8-12)21-22(17(15)20-14)13-9-5-2-6-10-13/h1-10H,11H2,(H,19,24)(H,20,23). The van der Waals surface area contributed by atoms with E-state index in [9.17, 15) is 9.59 Å². The predicted octanol–water partition coefficient (Wildman–Crippen LogP) is 2.22. The second kappa shape index (κ2) is 5.66. The highest BCUT2D eigenvalue weighted by molar-refractivity contribution is 6.11. The van der Waals surface area contributed by atoms with Crippen LogP contribution in [0.2, 0.25) is 0 Å². The smallest absolute Gasteiger partial charge is 0.257 e. The molecule has 0 bridgehead atoms. The third kappa shape index (κ3) is 2.34. The molecule has 6 nitrogen and oxygen atoms in total. The minimum Gasteiger partial charge on any atom is -0.343 e. The van der Waals surface area contributed by atoms with Crippen LogP contribution in [0, 0.1) is 0 Å². The van der Waals surface area contributed by atoms with Crippen molar-refractivity contribution in [2.75, 3.05) is 11.9 Å². The second-order valence-electron chi connectivity index (χ2n) is 5.42. The molecule has 0 spiro atoms. The van der Waals surface area contributed by atoms with E-state index in [0.717, 1.165) is 11.3 Å². The monoisotopic (exact) mass is 318 g/mol. The van der Waals surface area contributed by atoms with E-state index in [4.69, 9.17) is 0 Å². The Labute approximate surface area is 138 Å². The summed E-state index contributed by atoms with van der Waals surface area (Å²) < 4.78 is 1.60. The number of carbonyl (C=O) groups is 2. The Balaban J connectivity index is 1.99. The zero-order chi connectivity index (χ0) is 16.5. The largest absolute Gasteiger partial charge is 0.343 e. The maximum absolute atomic E-state index is 12.5. The van der Waals surface area contributed by atoms with E-state index >= 15 is 0 Å². The number of aromatic nitrogens is 2. The first kappa shape index (κ1) is 14.2. The van der Waals surface area contributed by atoms with Crippen LogP contribution in [0.1, 0.15) is 10.4 Å². The van der Waals surface area contributed by atoms with Gasteiger partial charge in [0.05, 0.1) is 12.2 Å². The summed E-state index contributed by atoms with van der Waals surface area (Å²) in [6.45, 7) is -0.0590. The Bertz CT molecular complexity index is 917. The van der Waals surface area contributed by atoms with E-state index in [0.29, 0.717) is 17.1 Å². The summed E-state index contributed by atoms with van der Waals surface area (Å²) in [7, 11) is 0. The molecule has 118 valence electrons. The lowest BCUT2D eigenvalue weighted by Crippen LogP contribution is -2.29. The summed E-state index contributed by atoms with van der Waals surface area (Å²) in [5, 5.41) is 10.0. The highest BCUT2D eigenvalue weighted by Gasteiger charge is 2.29. The predicted molar refractivity (Wildman–Crippen MR) is 90.0 cm³/mol. The molecule has 1 aromatic heterocycles. The van der Waals surface area contributed by atoms with E-state index in [1.165, 1.54) is 0 Å². The fourth-order valence-corrected chi connectivity index (χ4v) is 2.73. The number of carbonyl (C=O) groups excluding carboxylic acids is 2. The van der Waals surface area contributed by atoms with Crippen LogP contribution in [-0.2, 0) is 4.79 Å². The molecule has 1 aliphatic rings. The van der Waals surface area contributed by atoms with Gasteiger partial charge in [-0.05, 0) is 12.1 Å². The van der Waals surface area contributed by atoms with E-state index < -0.39 is 0 Å². The van der Waals surface area contributed by atoms with Gasteiger partial charge in [0.2, 0.25) is 5.91 Å². The first-order valence-electron chi connectivity index (χ1n) is 7.56. The van der Waals surface area contributed by atoms with Gasteiger partial charge in [0, 0.05) is 5.56 Å². The van der Waals surface area contributed by atoms with Crippen LogP contribution in [0.15, 0.2) is 60.7 Å². The molecule has 6 heteroatoms. The topological polar surface area (TPSA) is 76.0 Å². The Hall–Kier alpha value is -3.41. The summed E-state index contributed by atoms with van der Waals surface area (Å²) >= 11 is 0. The van der Waals surface area contributed by atoms with Gasteiger partial charge in [-0.15, -0.1) is 0 Å². The molecule has 0 saturated heterocycles. The Morgan fingerprint density at radius 1 is 0.917 bits per heavy atom. The van der Waals surface area contributed by atoms with Gasteiger partial charge in [0.15, 0.2) is 0 Å². The SMILES string of the molecule is O=C1CNC(=O)c2c(-c3ccccc3)nn(-c3ccccc3)c2N1. The van der Waals surface area contributed by atoms with Crippen molar-refractivity contribution >= 4 is 17.6 Å². The molecule has 0 radical (unpaired) electrons. The van der Waals surface area contributed by atoms with Gasteiger partial charge in [-0.25, -0.2) is 4.68 Å². The number of hydrogen-bond donors (Lipinski definition) is 2. The van der Waals surface area contributed by atoms with Crippen LogP contribution in [0.3, 0.4) is 0 Å². The fraction of sp³-hybridized carbons (Fsp3) is 0.0556. The lowest BCUT2D eigenvalue weighted by atomic mass is 10.1. The average molecular weight is 318 g/mol. The Kier molecular flexibility index (Phi) is 3.35. The highest BCUT2D eigenvalue weighted by Crippen LogP contribution is 2.31. The zero-order valence-electron chi connectivity index (χ0n) is 12.7. The minimum atomic E-state index is -0.315. The molecular formula is C18H14N4O2. The summed E-state index contributed by atoms with van der Waals surface area (Å²) in [5.41, 5.74) is 2.49. The second-order valence-corrected chi connectivity index (χ2v) is 5.42. The lowest BCUT2D eigenvalue weighted by molar-refractivity contribution is -0.115. The zero-order valence-corrected chi connectivity index (χ0v) is 12.7. The average Bonchev–Trinajstić information content (AvgIpc) is 2.93. The van der Waals surface area contributed by atoms with Gasteiger partial charge in [-0.1, -0.05) is 48.5 Å². The minimum absolute atomic E-state index is 0.0590. The van der Waals surface area contributed by atoms with Crippen molar-refractivity contribution in [1.29, 1.82) is 0 Å². The summed E-state index contributed by atoms with van der Waals surface area (Å²) in [4.78, 5) is 24.5. The van der Waals surface area contributed by atoms with Crippen LogP contribution in [0.4, 0.5) is 5.82 Å². The highest BCUT2D eigenvalue weighted by atomic mass is 16.2. The number of anilines is 1. The van der Waals surface area contributed by atoms with Crippen LogP contribution in [0.25, 0.3) is 16.9 Å². The van der Waals surface area contributed by atoms with Crippen molar-refractivity contribution in [1.82, 2.24) is 15.1 Å². The molecule has 2 N–H and O–H groups in total. The Morgan fingerprint density at radius 2 is 1.58 bits per heavy atom. The van der Waals surface area contributed by atoms with Crippen molar-refractivity contribution in [2.45, 2.75) is 0 Å². The van der Waals surface area contributed by atoms with Gasteiger partial charge >= 0.3 is 0 Å². The van der Waals surface area contributed by atoms with Crippen molar-refractivity contribution in [2.24, 2.45) is 0 Å². The molecule has 2 amide bonds. The van der Waals surface area contributed by atoms with Crippen LogP contribution in [-0.4, -0.2) is 28.1 Å². The third-order valence-electron chi connectivity index (χ3n) is 3.83. The molecule has 0 aliphatic carbocycles. The number of rotatable bonds is 2. The van der Waals surface area contributed by atoms with Gasteiger partial charge < -0.3 is 10.6 Å². The lowest BCUT2D eigenvalue weighted by Gasteiger charge is -2.07. The number of amides is 2. The number of hydrogen-bond acceptors (Lipinski definition) is 3. The molecular weight excluding hydrogens is 304 g/mol. The Morgan fingerprint density at radius 3 is 2.29 bits per heavy atom. The number of benzene rings is 2. The molecule has 0 fully saturated rings. The molecule has 24 heavy (non-hydrogen) atoms. The first-order chi connectivity index (χ1) is 11.7. The van der Waals surface area contributed by atoms with Crippen molar-refractivity contribution in [3.05, 3.63) is 66.2 Å². The summed E-state index contributed by atoms with van der Waals surface area (Å²) in [6.07, 6.45) is 0. The number of nitrogens with zero attached hydrogens (tertiary/aromatic N) is 2. The van der Waals surface area contributed by atoms with E-state index in [-0.39, 0.29) is 18.4 Å². The molecule has 0 unspecified atom stereocenters.